The number of benzene rings is 1. The first-order valence-electron chi connectivity index (χ1n) is 7.27. The highest BCUT2D eigenvalue weighted by atomic mass is 19.1. The van der Waals surface area contributed by atoms with Crippen LogP contribution in [0.5, 0.6) is 0 Å². The Balaban J connectivity index is 1.79. The lowest BCUT2D eigenvalue weighted by Gasteiger charge is -2.30. The van der Waals surface area contributed by atoms with Crippen LogP contribution < -0.4 is 0 Å². The van der Waals surface area contributed by atoms with E-state index < -0.39 is 6.10 Å². The van der Waals surface area contributed by atoms with Gasteiger partial charge < -0.3 is 10.0 Å². The lowest BCUT2D eigenvalue weighted by atomic mass is 9.98. The summed E-state index contributed by atoms with van der Waals surface area (Å²) >= 11 is 0. The Bertz CT molecular complexity index is 438. The molecule has 110 valence electrons. The van der Waals surface area contributed by atoms with Gasteiger partial charge in [0.25, 0.3) is 0 Å². The second-order valence-electron chi connectivity index (χ2n) is 5.67. The molecule has 0 radical (unpaired) electrons. The maximum atomic E-state index is 12.8. The van der Waals surface area contributed by atoms with Gasteiger partial charge in [0.1, 0.15) is 5.82 Å². The molecule has 0 aliphatic carbocycles. The number of aliphatic hydroxyl groups is 1. The Morgan fingerprint density at radius 2 is 1.95 bits per heavy atom. The Morgan fingerprint density at radius 1 is 1.35 bits per heavy atom. The predicted molar refractivity (Wildman–Crippen MR) is 75.6 cm³/mol. The third-order valence-corrected chi connectivity index (χ3v) is 4.02. The number of likely N-dealkylation sites (tertiary alicyclic amines) is 1. The molecule has 0 aromatic heterocycles. The van der Waals surface area contributed by atoms with Crippen molar-refractivity contribution >= 4 is 5.91 Å². The molecule has 3 nitrogen and oxygen atoms in total. The first kappa shape index (κ1) is 15.0. The van der Waals surface area contributed by atoms with E-state index in [9.17, 15) is 14.3 Å². The van der Waals surface area contributed by atoms with Gasteiger partial charge in [-0.05, 0) is 42.9 Å². The molecule has 2 rings (SSSR count). The Morgan fingerprint density at radius 3 is 2.55 bits per heavy atom. The van der Waals surface area contributed by atoms with Crippen molar-refractivity contribution < 1.29 is 14.3 Å². The molecule has 1 saturated heterocycles. The van der Waals surface area contributed by atoms with Crippen LogP contribution in [0.1, 0.15) is 44.3 Å². The van der Waals surface area contributed by atoms with Crippen LogP contribution >= 0.6 is 0 Å². The molecule has 20 heavy (non-hydrogen) atoms. The quantitative estimate of drug-likeness (QED) is 0.920. The fourth-order valence-corrected chi connectivity index (χ4v) is 2.53. The lowest BCUT2D eigenvalue weighted by Crippen LogP contribution is -2.37. The monoisotopic (exact) mass is 279 g/mol. The molecule has 0 bridgehead atoms. The van der Waals surface area contributed by atoms with E-state index in [0.29, 0.717) is 24.3 Å². The van der Waals surface area contributed by atoms with Crippen molar-refractivity contribution in [1.29, 1.82) is 0 Å². The summed E-state index contributed by atoms with van der Waals surface area (Å²) < 4.78 is 12.8. The second-order valence-corrected chi connectivity index (χ2v) is 5.67. The van der Waals surface area contributed by atoms with Crippen LogP contribution in [0.15, 0.2) is 24.3 Å². The van der Waals surface area contributed by atoms with E-state index in [4.69, 9.17) is 0 Å². The molecule has 1 heterocycles. The standard InChI is InChI=1S/C16H22FNO2/c1-12-8-10-18(11-9-12)16(20)7-6-15(19)13-2-4-14(17)5-3-13/h2-5,12,15,19H,6-11H2,1H3. The van der Waals surface area contributed by atoms with Gasteiger partial charge in [0.05, 0.1) is 6.10 Å². The summed E-state index contributed by atoms with van der Waals surface area (Å²) in [5, 5.41) is 10.0. The zero-order valence-electron chi connectivity index (χ0n) is 11.9. The van der Waals surface area contributed by atoms with Crippen molar-refractivity contribution in [1.82, 2.24) is 4.90 Å². The molecule has 1 aliphatic rings. The molecule has 1 aromatic carbocycles. The Hall–Kier alpha value is -1.42. The molecular formula is C16H22FNO2. The first-order chi connectivity index (χ1) is 9.56. The number of hydrogen-bond donors (Lipinski definition) is 1. The Kier molecular flexibility index (Phi) is 5.12. The van der Waals surface area contributed by atoms with Crippen molar-refractivity contribution in [3.63, 3.8) is 0 Å². The van der Waals surface area contributed by atoms with Gasteiger partial charge in [-0.1, -0.05) is 19.1 Å². The number of carbonyl (C=O) groups is 1. The first-order valence-corrected chi connectivity index (χ1v) is 7.27. The lowest BCUT2D eigenvalue weighted by molar-refractivity contribution is -0.133. The minimum absolute atomic E-state index is 0.109. The number of hydrogen-bond acceptors (Lipinski definition) is 2. The number of aliphatic hydroxyl groups excluding tert-OH is 1. The minimum atomic E-state index is -0.705. The average molecular weight is 279 g/mol. The zero-order valence-corrected chi connectivity index (χ0v) is 11.9. The number of rotatable bonds is 4. The summed E-state index contributed by atoms with van der Waals surface area (Å²) in [6.45, 7) is 3.86. The molecule has 1 unspecified atom stereocenters. The fraction of sp³-hybridized carbons (Fsp3) is 0.562. The molecule has 1 N–H and O–H groups in total. The second kappa shape index (κ2) is 6.84. The highest BCUT2D eigenvalue weighted by Crippen LogP contribution is 2.21. The Labute approximate surface area is 119 Å². The summed E-state index contributed by atoms with van der Waals surface area (Å²) in [6.07, 6.45) is 2.14. The smallest absolute Gasteiger partial charge is 0.222 e. The van der Waals surface area contributed by atoms with Gasteiger partial charge >= 0.3 is 0 Å². The van der Waals surface area contributed by atoms with Crippen LogP contribution in [-0.4, -0.2) is 29.0 Å². The molecular weight excluding hydrogens is 257 g/mol. The van der Waals surface area contributed by atoms with Gasteiger partial charge in [-0.3, -0.25) is 4.79 Å². The van der Waals surface area contributed by atoms with E-state index >= 15 is 0 Å². The van der Waals surface area contributed by atoms with Gasteiger partial charge in [-0.25, -0.2) is 4.39 Å². The fourth-order valence-electron chi connectivity index (χ4n) is 2.53. The predicted octanol–water partition coefficient (Wildman–Crippen LogP) is 2.90. The van der Waals surface area contributed by atoms with E-state index in [-0.39, 0.29) is 11.7 Å². The van der Waals surface area contributed by atoms with Crippen LogP contribution in [0.2, 0.25) is 0 Å². The van der Waals surface area contributed by atoms with Gasteiger partial charge in [0.15, 0.2) is 0 Å². The van der Waals surface area contributed by atoms with E-state index in [1.807, 2.05) is 4.90 Å². The molecule has 1 fully saturated rings. The highest BCUT2D eigenvalue weighted by molar-refractivity contribution is 5.76. The molecule has 0 saturated carbocycles. The number of piperidine rings is 1. The molecule has 1 aliphatic heterocycles. The molecule has 1 amide bonds. The summed E-state index contributed by atoms with van der Waals surface area (Å²) in [5.41, 5.74) is 0.659. The van der Waals surface area contributed by atoms with Crippen molar-refractivity contribution in [2.24, 2.45) is 5.92 Å². The highest BCUT2D eigenvalue weighted by Gasteiger charge is 2.20. The van der Waals surface area contributed by atoms with E-state index in [2.05, 4.69) is 6.92 Å². The van der Waals surface area contributed by atoms with Gasteiger partial charge in [-0.15, -0.1) is 0 Å². The maximum Gasteiger partial charge on any atom is 0.222 e. The molecule has 1 atom stereocenters. The van der Waals surface area contributed by atoms with Crippen LogP contribution in [0.3, 0.4) is 0 Å². The topological polar surface area (TPSA) is 40.5 Å². The number of halogens is 1. The minimum Gasteiger partial charge on any atom is -0.388 e. The SMILES string of the molecule is CC1CCN(C(=O)CCC(O)c2ccc(F)cc2)CC1. The van der Waals surface area contributed by atoms with Crippen molar-refractivity contribution in [2.75, 3.05) is 13.1 Å². The van der Waals surface area contributed by atoms with E-state index in [1.165, 1.54) is 12.1 Å². The molecule has 1 aromatic rings. The summed E-state index contributed by atoms with van der Waals surface area (Å²) in [4.78, 5) is 13.9. The average Bonchev–Trinajstić information content (AvgIpc) is 2.46. The molecule has 4 heteroatoms. The van der Waals surface area contributed by atoms with Crippen molar-refractivity contribution in [3.05, 3.63) is 35.6 Å². The summed E-state index contributed by atoms with van der Waals surface area (Å²) in [7, 11) is 0. The number of carbonyl (C=O) groups excluding carboxylic acids is 1. The van der Waals surface area contributed by atoms with Crippen LogP contribution in [0.4, 0.5) is 4.39 Å². The van der Waals surface area contributed by atoms with Crippen LogP contribution in [0.25, 0.3) is 0 Å². The summed E-state index contributed by atoms with van der Waals surface area (Å²) in [5.74, 6) is 0.487. The van der Waals surface area contributed by atoms with Gasteiger partial charge in [0, 0.05) is 19.5 Å². The maximum absolute atomic E-state index is 12.8. The third kappa shape index (κ3) is 4.04. The van der Waals surface area contributed by atoms with Crippen LogP contribution in [0, 0.1) is 11.7 Å². The van der Waals surface area contributed by atoms with Crippen LogP contribution in [-0.2, 0) is 4.79 Å². The van der Waals surface area contributed by atoms with Gasteiger partial charge in [0.2, 0.25) is 5.91 Å². The third-order valence-electron chi connectivity index (χ3n) is 4.02. The van der Waals surface area contributed by atoms with Crippen molar-refractivity contribution in [2.45, 2.75) is 38.7 Å². The van der Waals surface area contributed by atoms with Gasteiger partial charge in [-0.2, -0.15) is 0 Å². The normalized spacial score (nSPS) is 18.1. The van der Waals surface area contributed by atoms with E-state index in [1.54, 1.807) is 12.1 Å². The summed E-state index contributed by atoms with van der Waals surface area (Å²) in [6, 6.07) is 5.78. The van der Waals surface area contributed by atoms with Crippen molar-refractivity contribution in [3.8, 4) is 0 Å². The molecule has 0 spiro atoms. The zero-order chi connectivity index (χ0) is 14.5. The number of amides is 1. The van der Waals surface area contributed by atoms with E-state index in [0.717, 1.165) is 25.9 Å². The number of nitrogens with zero attached hydrogens (tertiary/aromatic N) is 1. The largest absolute Gasteiger partial charge is 0.388 e.